The molecule has 1 fully saturated rings. The zero-order chi connectivity index (χ0) is 42.4. The van der Waals surface area contributed by atoms with E-state index in [4.69, 9.17) is 0 Å². The van der Waals surface area contributed by atoms with Gasteiger partial charge in [0.1, 0.15) is 0 Å². The van der Waals surface area contributed by atoms with Gasteiger partial charge in [0.05, 0.1) is 26.7 Å². The van der Waals surface area contributed by atoms with E-state index in [1.807, 2.05) is 7.05 Å². The Morgan fingerprint density at radius 1 is 0.656 bits per heavy atom. The lowest BCUT2D eigenvalue weighted by atomic mass is 9.92. The summed E-state index contributed by atoms with van der Waals surface area (Å²) in [5, 5.41) is 30.6. The van der Waals surface area contributed by atoms with Gasteiger partial charge in [-0.2, -0.15) is 0 Å². The number of anilines is 1. The van der Waals surface area contributed by atoms with Gasteiger partial charge in [0, 0.05) is 103 Å². The summed E-state index contributed by atoms with van der Waals surface area (Å²) in [6.07, 6.45) is 0.400. The SMILES string of the molecule is CN1CCN(C(=O)c2cc(C(=O)NCCCNCCN3C(=O)c4cccc5cc([N+](=O)[O-])cc(c45)C3=O)cc(N3C(=O)c4cccc5cc([N+](=O)[O-])cc(c45)C3=O)c2)CC1.Cl. The second-order valence-electron chi connectivity index (χ2n) is 14.7. The van der Waals surface area contributed by atoms with Crippen molar-refractivity contribution in [2.75, 3.05) is 64.3 Å². The van der Waals surface area contributed by atoms with Crippen LogP contribution in [0.4, 0.5) is 17.1 Å². The number of hydrogen-bond acceptors (Lipinski definition) is 12. The summed E-state index contributed by atoms with van der Waals surface area (Å²) in [6.45, 7) is 2.77. The molecule has 0 saturated carbocycles. The molecule has 0 atom stereocenters. The Morgan fingerprint density at radius 3 is 1.80 bits per heavy atom. The molecular formula is C42H37ClN8O10. The Hall–Kier alpha value is -7.15. The molecular weight excluding hydrogens is 812 g/mol. The summed E-state index contributed by atoms with van der Waals surface area (Å²) in [6, 6.07) is 18.4. The molecule has 2 N–H and O–H groups in total. The molecule has 18 nitrogen and oxygen atoms in total. The summed E-state index contributed by atoms with van der Waals surface area (Å²) < 4.78 is 0. The number of likely N-dealkylation sites (N-methyl/N-ethyl adjacent to an activating group) is 1. The maximum Gasteiger partial charge on any atom is 0.270 e. The van der Waals surface area contributed by atoms with Gasteiger partial charge < -0.3 is 20.4 Å². The molecule has 0 spiro atoms. The van der Waals surface area contributed by atoms with Crippen LogP contribution in [0.3, 0.4) is 0 Å². The second-order valence-corrected chi connectivity index (χ2v) is 14.7. The molecule has 0 unspecified atom stereocenters. The van der Waals surface area contributed by atoms with Crippen molar-refractivity contribution in [2.24, 2.45) is 0 Å². The Labute approximate surface area is 352 Å². The van der Waals surface area contributed by atoms with Gasteiger partial charge in [0.15, 0.2) is 0 Å². The van der Waals surface area contributed by atoms with E-state index in [1.54, 1.807) is 35.2 Å². The fraction of sp³-hybridized carbons (Fsp3) is 0.238. The predicted octanol–water partition coefficient (Wildman–Crippen LogP) is 4.43. The van der Waals surface area contributed by atoms with Crippen molar-refractivity contribution in [1.82, 2.24) is 25.3 Å². The van der Waals surface area contributed by atoms with Crippen LogP contribution in [0.5, 0.6) is 0 Å². The molecule has 3 aliphatic heterocycles. The first-order chi connectivity index (χ1) is 28.8. The molecule has 0 aromatic heterocycles. The summed E-state index contributed by atoms with van der Waals surface area (Å²) in [5.74, 6) is -3.70. The van der Waals surface area contributed by atoms with E-state index < -0.39 is 45.3 Å². The van der Waals surface area contributed by atoms with E-state index in [2.05, 4.69) is 15.5 Å². The van der Waals surface area contributed by atoms with Gasteiger partial charge in [-0.1, -0.05) is 24.3 Å². The molecule has 0 radical (unpaired) electrons. The fourth-order valence-electron chi connectivity index (χ4n) is 7.90. The first-order valence-electron chi connectivity index (χ1n) is 19.1. The van der Waals surface area contributed by atoms with E-state index in [0.717, 1.165) is 15.9 Å². The van der Waals surface area contributed by atoms with Crippen LogP contribution in [-0.2, 0) is 0 Å². The molecule has 3 aliphatic rings. The highest BCUT2D eigenvalue weighted by atomic mass is 35.5. The van der Waals surface area contributed by atoms with Gasteiger partial charge in [-0.15, -0.1) is 12.4 Å². The largest absolute Gasteiger partial charge is 0.352 e. The van der Waals surface area contributed by atoms with Crippen LogP contribution < -0.4 is 15.5 Å². The van der Waals surface area contributed by atoms with Crippen LogP contribution in [-0.4, -0.2) is 119 Å². The Balaban J connectivity index is 0.00000561. The quantitative estimate of drug-likeness (QED) is 0.0770. The number of carbonyl (C=O) groups excluding carboxylic acids is 6. The molecule has 19 heteroatoms. The highest BCUT2D eigenvalue weighted by Gasteiger charge is 2.37. The summed E-state index contributed by atoms with van der Waals surface area (Å²) in [5.41, 5.74) is -0.158. The number of non-ortho nitro benzene ring substituents is 2. The zero-order valence-corrected chi connectivity index (χ0v) is 33.4. The summed E-state index contributed by atoms with van der Waals surface area (Å²) in [7, 11) is 1.93. The van der Waals surface area contributed by atoms with Crippen LogP contribution >= 0.6 is 12.4 Å². The molecule has 0 aliphatic carbocycles. The average Bonchev–Trinajstić information content (AvgIpc) is 3.24. The Kier molecular flexibility index (Phi) is 11.6. The molecule has 8 rings (SSSR count). The van der Waals surface area contributed by atoms with Gasteiger partial charge in [0.25, 0.3) is 46.8 Å². The van der Waals surface area contributed by atoms with Crippen LogP contribution in [0.2, 0.25) is 0 Å². The third-order valence-corrected chi connectivity index (χ3v) is 11.0. The minimum Gasteiger partial charge on any atom is -0.352 e. The highest BCUT2D eigenvalue weighted by molar-refractivity contribution is 6.36. The molecule has 0 bridgehead atoms. The number of benzene rings is 5. The zero-order valence-electron chi connectivity index (χ0n) is 32.5. The van der Waals surface area contributed by atoms with Crippen LogP contribution in [0.15, 0.2) is 78.9 Å². The number of amides is 6. The molecule has 3 heterocycles. The number of nitrogens with one attached hydrogen (secondary N) is 2. The van der Waals surface area contributed by atoms with Gasteiger partial charge in [-0.3, -0.25) is 53.9 Å². The Bertz CT molecular complexity index is 2730. The van der Waals surface area contributed by atoms with E-state index in [-0.39, 0.29) is 87.9 Å². The number of hydrogen-bond donors (Lipinski definition) is 2. The number of nitro benzene ring substituents is 2. The number of rotatable bonds is 12. The monoisotopic (exact) mass is 848 g/mol. The van der Waals surface area contributed by atoms with Gasteiger partial charge >= 0.3 is 0 Å². The van der Waals surface area contributed by atoms with Crippen molar-refractivity contribution in [2.45, 2.75) is 6.42 Å². The van der Waals surface area contributed by atoms with Crippen molar-refractivity contribution >= 4 is 86.5 Å². The molecule has 312 valence electrons. The first kappa shape index (κ1) is 42.0. The number of nitro groups is 2. The lowest BCUT2D eigenvalue weighted by Gasteiger charge is -2.33. The number of imide groups is 2. The minimum atomic E-state index is -0.843. The van der Waals surface area contributed by atoms with Crippen LogP contribution in [0, 0.1) is 20.2 Å². The molecule has 61 heavy (non-hydrogen) atoms. The predicted molar refractivity (Wildman–Crippen MR) is 225 cm³/mol. The van der Waals surface area contributed by atoms with Gasteiger partial charge in [0.2, 0.25) is 0 Å². The molecule has 6 amide bonds. The smallest absolute Gasteiger partial charge is 0.270 e. The molecule has 1 saturated heterocycles. The van der Waals surface area contributed by atoms with Crippen molar-refractivity contribution < 1.29 is 38.6 Å². The van der Waals surface area contributed by atoms with Crippen molar-refractivity contribution in [1.29, 1.82) is 0 Å². The van der Waals surface area contributed by atoms with Crippen molar-refractivity contribution in [3.63, 3.8) is 0 Å². The average molecular weight is 849 g/mol. The van der Waals surface area contributed by atoms with Gasteiger partial charge in [-0.05, 0) is 61.1 Å². The summed E-state index contributed by atoms with van der Waals surface area (Å²) >= 11 is 0. The lowest BCUT2D eigenvalue weighted by Crippen LogP contribution is -2.47. The lowest BCUT2D eigenvalue weighted by molar-refractivity contribution is -0.384. The number of carbonyl (C=O) groups is 6. The molecule has 5 aromatic rings. The van der Waals surface area contributed by atoms with Crippen LogP contribution in [0.25, 0.3) is 21.5 Å². The normalized spacial score (nSPS) is 15.0. The van der Waals surface area contributed by atoms with E-state index in [0.29, 0.717) is 55.3 Å². The number of halogens is 1. The van der Waals surface area contributed by atoms with Crippen molar-refractivity contribution in [3.8, 4) is 0 Å². The maximum atomic E-state index is 14.1. The number of nitrogens with zero attached hydrogens (tertiary/aromatic N) is 6. The topological polar surface area (TPSA) is 226 Å². The van der Waals surface area contributed by atoms with E-state index >= 15 is 0 Å². The number of piperazine rings is 1. The van der Waals surface area contributed by atoms with E-state index in [9.17, 15) is 49.0 Å². The minimum absolute atomic E-state index is 0. The Morgan fingerprint density at radius 2 is 1.20 bits per heavy atom. The first-order valence-corrected chi connectivity index (χ1v) is 19.1. The third kappa shape index (κ3) is 7.74. The standard InChI is InChI=1S/C42H36N8O10.ClH/c1-45-13-15-46(16-14-45)38(52)27-17-26(20-28(21-27)48-41(55)32-8-3-6-25-19-30(50(59)60)23-34(36(25)32)42(48)56)37(51)44-10-4-9-43-11-12-47-39(53)31-7-2-5-24-18-29(49(57)58)22-33(35(24)31)40(47)54;/h2-3,5-8,17-23,43H,4,9-16H2,1H3,(H,44,51);1H. The maximum absolute atomic E-state index is 14.1. The fourth-order valence-corrected chi connectivity index (χ4v) is 7.90. The highest BCUT2D eigenvalue weighted by Crippen LogP contribution is 2.37. The molecule has 5 aromatic carbocycles. The van der Waals surface area contributed by atoms with Crippen molar-refractivity contribution in [3.05, 3.63) is 132 Å². The van der Waals surface area contributed by atoms with Gasteiger partial charge in [-0.25, -0.2) is 4.90 Å². The van der Waals surface area contributed by atoms with Crippen LogP contribution in [0.1, 0.15) is 68.6 Å². The van der Waals surface area contributed by atoms with E-state index in [1.165, 1.54) is 42.5 Å². The second kappa shape index (κ2) is 16.8. The third-order valence-electron chi connectivity index (χ3n) is 11.0. The summed E-state index contributed by atoms with van der Waals surface area (Å²) in [4.78, 5) is 110.